The molecule has 2 N–H and O–H groups in total. The lowest BCUT2D eigenvalue weighted by Crippen LogP contribution is -2.51. The van der Waals surface area contributed by atoms with Crippen molar-refractivity contribution in [1.82, 2.24) is 15.2 Å². The van der Waals surface area contributed by atoms with Crippen LogP contribution in [0.3, 0.4) is 0 Å². The molecule has 142 valence electrons. The Morgan fingerprint density at radius 3 is 2.74 bits per heavy atom. The molecule has 0 aromatic carbocycles. The highest BCUT2D eigenvalue weighted by Crippen LogP contribution is 2.20. The molecule has 1 aromatic rings. The van der Waals surface area contributed by atoms with Gasteiger partial charge in [-0.15, -0.1) is 0 Å². The summed E-state index contributed by atoms with van der Waals surface area (Å²) in [5.74, 6) is -0.347. The monoisotopic (exact) mass is 367 g/mol. The maximum absolute atomic E-state index is 12.8. The number of aryl methyl sites for hydroxylation is 1. The molecule has 2 unspecified atom stereocenters. The van der Waals surface area contributed by atoms with Gasteiger partial charge in [0, 0.05) is 12.2 Å². The molecule has 2 amide bonds. The molecular weight excluding hydrogens is 344 g/mol. The minimum Gasteiger partial charge on any atom is -0.860 e. The Morgan fingerprint density at radius 1 is 1.30 bits per heavy atom. The van der Waals surface area contributed by atoms with Crippen molar-refractivity contribution in [1.29, 1.82) is 0 Å². The molecule has 1 aromatic heterocycles. The summed E-state index contributed by atoms with van der Waals surface area (Å²) in [7, 11) is 0. The molecule has 7 heteroatoms. The first-order valence-corrected chi connectivity index (χ1v) is 9.03. The van der Waals surface area contributed by atoms with Crippen molar-refractivity contribution in [2.75, 3.05) is 11.9 Å². The molecule has 27 heavy (non-hydrogen) atoms. The molecule has 1 aliphatic carbocycles. The third kappa shape index (κ3) is 4.36. The van der Waals surface area contributed by atoms with Crippen LogP contribution in [0.25, 0.3) is 0 Å². The quantitative estimate of drug-likeness (QED) is 0.757. The van der Waals surface area contributed by atoms with E-state index in [1.165, 1.54) is 0 Å². The molecule has 1 aliphatic heterocycles. The summed E-state index contributed by atoms with van der Waals surface area (Å²) in [5.41, 5.74) is 1.31. The van der Waals surface area contributed by atoms with E-state index < -0.39 is 12.1 Å². The lowest BCUT2D eigenvalue weighted by atomic mass is 10.2. The maximum Gasteiger partial charge on any atom is 0.248 e. The molecule has 0 spiro atoms. The molecule has 2 aliphatic rings. The van der Waals surface area contributed by atoms with Crippen LogP contribution < -0.4 is 15.7 Å². The number of pyridine rings is 1. The summed E-state index contributed by atoms with van der Waals surface area (Å²) in [6, 6.07) is 4.11. The summed E-state index contributed by atoms with van der Waals surface area (Å²) in [6.45, 7) is 3.98. The largest absolute Gasteiger partial charge is 0.860 e. The Bertz CT molecular complexity index is 814. The van der Waals surface area contributed by atoms with E-state index in [1.807, 2.05) is 19.1 Å². The average molecular weight is 367 g/mol. The van der Waals surface area contributed by atoms with E-state index in [1.54, 1.807) is 42.2 Å². The highest BCUT2D eigenvalue weighted by molar-refractivity contribution is 5.97. The van der Waals surface area contributed by atoms with Crippen molar-refractivity contribution in [3.05, 3.63) is 59.7 Å². The van der Waals surface area contributed by atoms with Crippen molar-refractivity contribution < 1.29 is 14.7 Å². The molecule has 0 radical (unpaired) electrons. The Morgan fingerprint density at radius 2 is 2.04 bits per heavy atom. The first kappa shape index (κ1) is 18.7. The average Bonchev–Trinajstić information content (AvgIpc) is 3.32. The van der Waals surface area contributed by atoms with E-state index >= 15 is 0 Å². The zero-order valence-electron chi connectivity index (χ0n) is 15.4. The van der Waals surface area contributed by atoms with Crippen LogP contribution in [-0.2, 0) is 9.59 Å². The van der Waals surface area contributed by atoms with Gasteiger partial charge >= 0.3 is 0 Å². The first-order chi connectivity index (χ1) is 13.0. The fourth-order valence-electron chi connectivity index (χ4n) is 3.24. The van der Waals surface area contributed by atoms with E-state index in [-0.39, 0.29) is 17.7 Å². The van der Waals surface area contributed by atoms with Crippen LogP contribution in [0.2, 0.25) is 0 Å². The third-order valence-electron chi connectivity index (χ3n) is 4.62. The number of carbonyl (C=O) groups excluding carboxylic acids is 2. The molecule has 2 atom stereocenters. The van der Waals surface area contributed by atoms with Crippen LogP contribution >= 0.6 is 0 Å². The number of aromatic nitrogens is 1. The van der Waals surface area contributed by atoms with Gasteiger partial charge in [0.05, 0.1) is 0 Å². The van der Waals surface area contributed by atoms with Gasteiger partial charge in [-0.05, 0) is 50.3 Å². The highest BCUT2D eigenvalue weighted by atomic mass is 16.3. The van der Waals surface area contributed by atoms with Crippen molar-refractivity contribution in [2.45, 2.75) is 38.8 Å². The predicted molar refractivity (Wildman–Crippen MR) is 100 cm³/mol. The molecular formula is C20H23N4O3-. The number of allylic oxidation sites excluding steroid dienone is 5. The lowest BCUT2D eigenvalue weighted by Gasteiger charge is -2.29. The van der Waals surface area contributed by atoms with Gasteiger partial charge in [-0.3, -0.25) is 9.59 Å². The predicted octanol–water partition coefficient (Wildman–Crippen LogP) is 0.996. The zero-order valence-corrected chi connectivity index (χ0v) is 15.4. The second-order valence-corrected chi connectivity index (χ2v) is 6.71. The van der Waals surface area contributed by atoms with Crippen LogP contribution in [0, 0.1) is 6.92 Å². The third-order valence-corrected chi connectivity index (χ3v) is 4.62. The number of carbonyl (C=O) groups is 2. The summed E-state index contributed by atoms with van der Waals surface area (Å²) < 4.78 is 0. The summed E-state index contributed by atoms with van der Waals surface area (Å²) in [6.07, 6.45) is 8.24. The van der Waals surface area contributed by atoms with Crippen molar-refractivity contribution >= 4 is 17.6 Å². The summed E-state index contributed by atoms with van der Waals surface area (Å²) in [5, 5.41) is 17.6. The Labute approximate surface area is 158 Å². The maximum atomic E-state index is 12.8. The Hall–Kier alpha value is -3.09. The van der Waals surface area contributed by atoms with Gasteiger partial charge in [0.2, 0.25) is 11.8 Å². The van der Waals surface area contributed by atoms with Gasteiger partial charge in [0.1, 0.15) is 17.9 Å². The van der Waals surface area contributed by atoms with Crippen LogP contribution in [0.5, 0.6) is 0 Å². The number of hydrogen-bond acceptors (Lipinski definition) is 5. The van der Waals surface area contributed by atoms with Crippen LogP contribution in [0.15, 0.2) is 54.0 Å². The molecule has 0 bridgehead atoms. The minimum atomic E-state index is -0.710. The molecule has 1 fully saturated rings. The number of nitrogens with one attached hydrogen (secondary N) is 2. The van der Waals surface area contributed by atoms with Crippen molar-refractivity contribution in [2.24, 2.45) is 0 Å². The van der Waals surface area contributed by atoms with Gasteiger partial charge in [-0.2, -0.15) is 0 Å². The van der Waals surface area contributed by atoms with Gasteiger partial charge in [0.15, 0.2) is 0 Å². The molecule has 0 saturated carbocycles. The second kappa shape index (κ2) is 8.07. The van der Waals surface area contributed by atoms with Gasteiger partial charge < -0.3 is 20.6 Å². The van der Waals surface area contributed by atoms with Gasteiger partial charge in [0.25, 0.3) is 0 Å². The normalized spacial score (nSPS) is 19.3. The molecule has 3 rings (SSSR count). The number of amides is 2. The number of rotatable bonds is 5. The fraction of sp³-hybridized carbons (Fsp3) is 0.350. The van der Waals surface area contributed by atoms with E-state index in [0.717, 1.165) is 12.1 Å². The number of likely N-dealkylation sites (tertiary alicyclic amines) is 1. The van der Waals surface area contributed by atoms with Gasteiger partial charge in [-0.1, -0.05) is 30.4 Å². The van der Waals surface area contributed by atoms with Crippen LogP contribution in [-0.4, -0.2) is 40.3 Å². The smallest absolute Gasteiger partial charge is 0.248 e. The topological polar surface area (TPSA) is 97.4 Å². The van der Waals surface area contributed by atoms with Crippen molar-refractivity contribution in [3.63, 3.8) is 0 Å². The summed E-state index contributed by atoms with van der Waals surface area (Å²) in [4.78, 5) is 31.2. The number of anilines is 1. The second-order valence-electron chi connectivity index (χ2n) is 6.71. The standard InChI is InChI=1S/C20H24N4O3/c1-13-7-5-11-17(21-13)23-19(26)16-10-6-12-24(16)20(27)14(2)22-18(25)15-8-3-4-9-15/h3-5,7-9,11,14,16,22,25H,6,10,12H2,1-2H3,(H,21,23,26)/p-1. The van der Waals surface area contributed by atoms with E-state index in [9.17, 15) is 14.7 Å². The number of hydrogen-bond donors (Lipinski definition) is 2. The molecule has 7 nitrogen and oxygen atoms in total. The number of nitrogens with zero attached hydrogens (tertiary/aromatic N) is 2. The zero-order chi connectivity index (χ0) is 19.4. The fourth-order valence-corrected chi connectivity index (χ4v) is 3.24. The minimum absolute atomic E-state index is 0.256. The molecule has 1 saturated heterocycles. The van der Waals surface area contributed by atoms with Crippen LogP contribution in [0.4, 0.5) is 5.82 Å². The molecule has 2 heterocycles. The SMILES string of the molecule is Cc1cccc(NC(=O)C2CCCN2C(=O)C(C)NC([O-])=C2C=CC=C2)n1. The van der Waals surface area contributed by atoms with E-state index in [0.29, 0.717) is 24.4 Å². The highest BCUT2D eigenvalue weighted by Gasteiger charge is 2.36. The lowest BCUT2D eigenvalue weighted by molar-refractivity contribution is -0.313. The van der Waals surface area contributed by atoms with Crippen molar-refractivity contribution in [3.8, 4) is 0 Å². The Kier molecular flexibility index (Phi) is 5.59. The Balaban J connectivity index is 1.65. The van der Waals surface area contributed by atoms with E-state index in [2.05, 4.69) is 15.6 Å². The van der Waals surface area contributed by atoms with Crippen LogP contribution in [0.1, 0.15) is 25.5 Å². The van der Waals surface area contributed by atoms with Gasteiger partial charge in [-0.25, -0.2) is 4.98 Å². The first-order valence-electron chi connectivity index (χ1n) is 9.03. The van der Waals surface area contributed by atoms with E-state index in [4.69, 9.17) is 0 Å². The summed E-state index contributed by atoms with van der Waals surface area (Å²) >= 11 is 0.